The number of hydrogen-bond acceptors (Lipinski definition) is 4. The third-order valence-electron chi connectivity index (χ3n) is 16.5. The first kappa shape index (κ1) is 48.4. The maximum atomic E-state index is 13.0. The van der Waals surface area contributed by atoms with Crippen LogP contribution in [0.1, 0.15) is 215 Å². The van der Waals surface area contributed by atoms with Gasteiger partial charge in [0.05, 0.1) is 0 Å². The second-order valence-electron chi connectivity index (χ2n) is 20.9. The van der Waals surface area contributed by atoms with E-state index in [4.69, 9.17) is 9.47 Å². The van der Waals surface area contributed by atoms with Crippen molar-refractivity contribution in [3.8, 4) is 5.75 Å². The molecule has 4 aliphatic rings. The number of hydrogen-bond donors (Lipinski definition) is 0. The Morgan fingerprint density at radius 2 is 1.38 bits per heavy atom. The van der Waals surface area contributed by atoms with Crippen LogP contribution >= 0.6 is 0 Å². The van der Waals surface area contributed by atoms with Crippen LogP contribution in [0.5, 0.6) is 5.75 Å². The molecule has 1 aromatic rings. The lowest BCUT2D eigenvalue weighted by atomic mass is 9.47. The van der Waals surface area contributed by atoms with Gasteiger partial charge in [-0.3, -0.25) is 4.79 Å². The van der Waals surface area contributed by atoms with Crippen molar-refractivity contribution in [3.63, 3.8) is 0 Å². The van der Waals surface area contributed by atoms with Gasteiger partial charge < -0.3 is 9.47 Å². The molecule has 4 heteroatoms. The fourth-order valence-corrected chi connectivity index (χ4v) is 12.8. The van der Waals surface area contributed by atoms with E-state index in [0.29, 0.717) is 35.3 Å². The summed E-state index contributed by atoms with van der Waals surface area (Å²) in [4.78, 5) is 25.5. The fraction of sp³-hybridized carbons (Fsp3) is 0.750. The Hall–Kier alpha value is -2.62. The van der Waals surface area contributed by atoms with Gasteiger partial charge in [-0.1, -0.05) is 174 Å². The highest BCUT2D eigenvalue weighted by molar-refractivity contribution is 5.87. The van der Waals surface area contributed by atoms with Crippen molar-refractivity contribution in [2.24, 2.45) is 52.3 Å². The maximum Gasteiger partial charge on any atom is 0.331 e. The summed E-state index contributed by atoms with van der Waals surface area (Å²) >= 11 is 0. The molecule has 0 spiro atoms. The SMILES string of the molecule is CCCCCCCCCCCCCCCCCC(=O)Oc1ccc(/C=C\C(=O)O[C@H]2CC[C@@]3(C)C(=CC[C@H]4[C@@H]5CC[C@H]([C@H](C)/C=C/[C@@H](CC)C(C)C)[C@@]5(C)CC[C@@H]43)C2)cc1. The molecule has 60 heavy (non-hydrogen) atoms. The van der Waals surface area contributed by atoms with E-state index in [1.165, 1.54) is 122 Å². The van der Waals surface area contributed by atoms with E-state index in [0.717, 1.165) is 61.3 Å². The van der Waals surface area contributed by atoms with Crippen LogP contribution in [0.15, 0.2) is 54.1 Å². The lowest BCUT2D eigenvalue weighted by Gasteiger charge is -2.58. The topological polar surface area (TPSA) is 52.6 Å². The number of allylic oxidation sites excluding steroid dienone is 3. The highest BCUT2D eigenvalue weighted by Crippen LogP contribution is 2.67. The molecule has 0 unspecified atom stereocenters. The Kier molecular flexibility index (Phi) is 19.6. The summed E-state index contributed by atoms with van der Waals surface area (Å²) in [6.07, 6.45) is 42.0. The van der Waals surface area contributed by atoms with Crippen LogP contribution in [0, 0.1) is 52.3 Å². The summed E-state index contributed by atoms with van der Waals surface area (Å²) in [7, 11) is 0. The molecule has 0 heterocycles. The highest BCUT2D eigenvalue weighted by atomic mass is 16.5. The van der Waals surface area contributed by atoms with Gasteiger partial charge in [0, 0.05) is 18.9 Å². The summed E-state index contributed by atoms with van der Waals surface area (Å²) in [6, 6.07) is 7.41. The second kappa shape index (κ2) is 24.3. The van der Waals surface area contributed by atoms with Crippen LogP contribution in [0.3, 0.4) is 0 Å². The average Bonchev–Trinajstić information content (AvgIpc) is 3.59. The number of unbranched alkanes of at least 4 members (excludes halogenated alkanes) is 14. The van der Waals surface area contributed by atoms with Crippen molar-refractivity contribution in [1.82, 2.24) is 0 Å². The van der Waals surface area contributed by atoms with Crippen molar-refractivity contribution in [1.29, 1.82) is 0 Å². The number of carbonyl (C=O) groups is 2. The van der Waals surface area contributed by atoms with Gasteiger partial charge in [-0.2, -0.15) is 0 Å². The Morgan fingerprint density at radius 3 is 2.00 bits per heavy atom. The normalized spacial score (nSPS) is 28.6. The largest absolute Gasteiger partial charge is 0.459 e. The minimum atomic E-state index is -0.274. The second-order valence-corrected chi connectivity index (χ2v) is 20.9. The van der Waals surface area contributed by atoms with E-state index in [9.17, 15) is 9.59 Å². The summed E-state index contributed by atoms with van der Waals surface area (Å²) in [6.45, 7) is 17.1. The van der Waals surface area contributed by atoms with Gasteiger partial charge in [0.25, 0.3) is 0 Å². The van der Waals surface area contributed by atoms with Crippen molar-refractivity contribution in [2.45, 2.75) is 215 Å². The summed E-state index contributed by atoms with van der Waals surface area (Å²) in [5.41, 5.74) is 3.11. The maximum absolute atomic E-state index is 13.0. The van der Waals surface area contributed by atoms with Crippen LogP contribution in [0.2, 0.25) is 0 Å². The standard InChI is InChI=1S/C56H88O4/c1-8-10-11-12-13-14-15-16-17-18-19-20-21-22-23-24-53(57)59-47-31-26-44(27-32-47)28-36-54(58)60-48-37-39-55(6)46(41-48)30-33-49-51-35-34-50(56(51,7)40-38-52(49)55)43(5)25-29-45(9-2)42(3)4/h25-32,36,42-43,45,48-52H,8-24,33-35,37-41H2,1-7H3/b29-25+,36-28-/t43-,45-,48+,49+,50-,51+,52+,55+,56-/m1/s1. The predicted octanol–water partition coefficient (Wildman–Crippen LogP) is 16.2. The Balaban J connectivity index is 0.976. The number of benzene rings is 1. The van der Waals surface area contributed by atoms with E-state index in [1.54, 1.807) is 17.7 Å². The molecule has 9 atom stereocenters. The average molecular weight is 825 g/mol. The van der Waals surface area contributed by atoms with Crippen LogP contribution in [-0.2, 0) is 14.3 Å². The molecule has 4 nitrogen and oxygen atoms in total. The predicted molar refractivity (Wildman–Crippen MR) is 253 cm³/mol. The van der Waals surface area contributed by atoms with Crippen molar-refractivity contribution < 1.29 is 19.1 Å². The third kappa shape index (κ3) is 13.4. The van der Waals surface area contributed by atoms with Gasteiger partial charge >= 0.3 is 11.9 Å². The monoisotopic (exact) mass is 825 g/mol. The van der Waals surface area contributed by atoms with Gasteiger partial charge in [0.1, 0.15) is 11.9 Å². The molecule has 336 valence electrons. The molecule has 0 aromatic heterocycles. The molecule has 0 amide bonds. The molecule has 3 saturated carbocycles. The molecule has 1 aromatic carbocycles. The lowest BCUT2D eigenvalue weighted by Crippen LogP contribution is -2.51. The smallest absolute Gasteiger partial charge is 0.331 e. The number of esters is 2. The Bertz CT molecular complexity index is 1530. The van der Waals surface area contributed by atoms with Crippen LogP contribution in [0.25, 0.3) is 6.08 Å². The fourth-order valence-electron chi connectivity index (χ4n) is 12.8. The summed E-state index contributed by atoms with van der Waals surface area (Å²) in [5, 5.41) is 0. The number of carbonyl (C=O) groups excluding carboxylic acids is 2. The molecule has 5 rings (SSSR count). The molecule has 0 aliphatic heterocycles. The van der Waals surface area contributed by atoms with Gasteiger partial charge in [0.15, 0.2) is 0 Å². The first-order valence-electron chi connectivity index (χ1n) is 25.6. The van der Waals surface area contributed by atoms with E-state index in [-0.39, 0.29) is 23.5 Å². The van der Waals surface area contributed by atoms with E-state index >= 15 is 0 Å². The minimum absolute atomic E-state index is 0.0560. The Morgan fingerprint density at radius 1 is 0.750 bits per heavy atom. The van der Waals surface area contributed by atoms with E-state index in [1.807, 2.05) is 24.3 Å². The van der Waals surface area contributed by atoms with Gasteiger partial charge in [0.2, 0.25) is 0 Å². The minimum Gasteiger partial charge on any atom is -0.459 e. The zero-order chi connectivity index (χ0) is 43.0. The first-order valence-corrected chi connectivity index (χ1v) is 25.6. The van der Waals surface area contributed by atoms with Gasteiger partial charge in [-0.15, -0.1) is 0 Å². The molecular formula is C56H88O4. The molecule has 0 N–H and O–H groups in total. The molecule has 0 radical (unpaired) electrons. The molecule has 3 fully saturated rings. The molecule has 0 bridgehead atoms. The van der Waals surface area contributed by atoms with Crippen LogP contribution < -0.4 is 4.74 Å². The van der Waals surface area contributed by atoms with Crippen molar-refractivity contribution in [2.75, 3.05) is 0 Å². The zero-order valence-corrected chi connectivity index (χ0v) is 39.6. The Labute approximate surface area is 368 Å². The van der Waals surface area contributed by atoms with Crippen LogP contribution in [0.4, 0.5) is 0 Å². The first-order chi connectivity index (χ1) is 29.0. The third-order valence-corrected chi connectivity index (χ3v) is 16.5. The van der Waals surface area contributed by atoms with E-state index in [2.05, 4.69) is 66.7 Å². The van der Waals surface area contributed by atoms with Gasteiger partial charge in [-0.25, -0.2) is 4.79 Å². The quantitative estimate of drug-likeness (QED) is 0.0324. The number of ether oxygens (including phenoxy) is 2. The van der Waals surface area contributed by atoms with Crippen molar-refractivity contribution >= 4 is 18.0 Å². The lowest BCUT2D eigenvalue weighted by molar-refractivity contribution is -0.145. The zero-order valence-electron chi connectivity index (χ0n) is 39.6. The van der Waals surface area contributed by atoms with E-state index < -0.39 is 0 Å². The van der Waals surface area contributed by atoms with Crippen molar-refractivity contribution in [3.05, 3.63) is 59.7 Å². The number of rotatable bonds is 25. The molecule has 0 saturated heterocycles. The summed E-state index contributed by atoms with van der Waals surface area (Å²) < 4.78 is 11.7. The number of fused-ring (bicyclic) bond motifs is 5. The van der Waals surface area contributed by atoms with Crippen LogP contribution in [-0.4, -0.2) is 18.0 Å². The van der Waals surface area contributed by atoms with Gasteiger partial charge in [-0.05, 0) is 134 Å². The summed E-state index contributed by atoms with van der Waals surface area (Å²) in [5.74, 6) is 5.31. The molecule has 4 aliphatic carbocycles. The molecular weight excluding hydrogens is 737 g/mol. The highest BCUT2D eigenvalue weighted by Gasteiger charge is 2.59.